The standard InChI is InChI=1S/C23H30N4O2/c1-25-20(12-24-22(25)16-7-3-2-4-8-16)23(29)26-13-17-11-18(14-26)21(15-28)27-10-6-5-9-19(17)27/h2-4,7-8,12,17-19,21,28H,5-6,9-11,13-15H2,1H3/t17-,18+,19+,21+/m1/s1. The van der Waals surface area contributed by atoms with Crippen molar-refractivity contribution in [1.29, 1.82) is 0 Å². The number of piperidine rings is 3. The lowest BCUT2D eigenvalue weighted by molar-refractivity contribution is -0.0796. The van der Waals surface area contributed by atoms with Gasteiger partial charge in [-0.3, -0.25) is 9.69 Å². The number of imidazole rings is 1. The maximum Gasteiger partial charge on any atom is 0.272 e. The number of amides is 1. The zero-order chi connectivity index (χ0) is 20.0. The number of aliphatic hydroxyl groups excluding tert-OH is 1. The Hall–Kier alpha value is -2.18. The van der Waals surface area contributed by atoms with E-state index in [0.717, 1.165) is 37.4 Å². The quantitative estimate of drug-likeness (QED) is 0.868. The van der Waals surface area contributed by atoms with Gasteiger partial charge in [0.2, 0.25) is 0 Å². The number of hydrogen-bond acceptors (Lipinski definition) is 4. The SMILES string of the molecule is Cn1c(C(=O)N2C[C@H]3C[C@@H](C2)[C@H](CO)N2CCCC[C@@H]32)cnc1-c1ccccc1. The molecule has 0 unspecified atom stereocenters. The highest BCUT2D eigenvalue weighted by Crippen LogP contribution is 2.41. The fraction of sp³-hybridized carbons (Fsp3) is 0.565. The van der Waals surface area contributed by atoms with E-state index in [9.17, 15) is 9.90 Å². The highest BCUT2D eigenvalue weighted by atomic mass is 16.3. The molecule has 0 radical (unpaired) electrons. The van der Waals surface area contributed by atoms with Crippen molar-refractivity contribution in [2.45, 2.75) is 37.8 Å². The molecule has 0 spiro atoms. The molecule has 6 nitrogen and oxygen atoms in total. The molecular formula is C23H30N4O2. The Labute approximate surface area is 172 Å². The first kappa shape index (κ1) is 18.8. The van der Waals surface area contributed by atoms with E-state index >= 15 is 0 Å². The third kappa shape index (κ3) is 3.19. The number of carbonyl (C=O) groups is 1. The molecule has 154 valence electrons. The first-order valence-electron chi connectivity index (χ1n) is 10.9. The van der Waals surface area contributed by atoms with Gasteiger partial charge >= 0.3 is 0 Å². The van der Waals surface area contributed by atoms with E-state index < -0.39 is 0 Å². The van der Waals surface area contributed by atoms with Crippen molar-refractivity contribution < 1.29 is 9.90 Å². The molecule has 6 heteroatoms. The molecule has 0 saturated carbocycles. The van der Waals surface area contributed by atoms with Crippen molar-refractivity contribution in [3.63, 3.8) is 0 Å². The Balaban J connectivity index is 1.40. The summed E-state index contributed by atoms with van der Waals surface area (Å²) in [7, 11) is 1.92. The summed E-state index contributed by atoms with van der Waals surface area (Å²) >= 11 is 0. The summed E-state index contributed by atoms with van der Waals surface area (Å²) in [5.74, 6) is 1.76. The summed E-state index contributed by atoms with van der Waals surface area (Å²) in [6, 6.07) is 10.7. The van der Waals surface area contributed by atoms with E-state index in [1.165, 1.54) is 19.3 Å². The molecule has 4 heterocycles. The zero-order valence-corrected chi connectivity index (χ0v) is 17.1. The van der Waals surface area contributed by atoms with Crippen molar-refractivity contribution >= 4 is 5.91 Å². The van der Waals surface area contributed by atoms with Gasteiger partial charge < -0.3 is 14.6 Å². The largest absolute Gasteiger partial charge is 0.395 e. The second-order valence-electron chi connectivity index (χ2n) is 8.91. The van der Waals surface area contributed by atoms with Gasteiger partial charge in [0.05, 0.1) is 12.8 Å². The van der Waals surface area contributed by atoms with E-state index in [1.54, 1.807) is 6.20 Å². The normalized spacial score (nSPS) is 29.5. The number of rotatable bonds is 3. The summed E-state index contributed by atoms with van der Waals surface area (Å²) in [6.45, 7) is 2.84. The summed E-state index contributed by atoms with van der Waals surface area (Å²) < 4.78 is 1.92. The van der Waals surface area contributed by atoms with Gasteiger partial charge in [-0.25, -0.2) is 4.98 Å². The number of likely N-dealkylation sites (tertiary alicyclic amines) is 1. The van der Waals surface area contributed by atoms with Gasteiger partial charge in [0.25, 0.3) is 5.91 Å². The molecule has 29 heavy (non-hydrogen) atoms. The average molecular weight is 395 g/mol. The maximum atomic E-state index is 13.4. The molecular weight excluding hydrogens is 364 g/mol. The van der Waals surface area contributed by atoms with Crippen LogP contribution in [0.5, 0.6) is 0 Å². The minimum Gasteiger partial charge on any atom is -0.395 e. The number of fused-ring (bicyclic) bond motifs is 4. The first-order valence-corrected chi connectivity index (χ1v) is 10.9. The molecule has 4 atom stereocenters. The molecule has 2 bridgehead atoms. The van der Waals surface area contributed by atoms with Crippen LogP contribution in [0.15, 0.2) is 36.5 Å². The molecule has 1 aromatic carbocycles. The van der Waals surface area contributed by atoms with Gasteiger partial charge in [-0.15, -0.1) is 0 Å². The number of aliphatic hydroxyl groups is 1. The van der Waals surface area contributed by atoms with Gasteiger partial charge in [-0.1, -0.05) is 36.8 Å². The maximum absolute atomic E-state index is 13.4. The van der Waals surface area contributed by atoms with E-state index in [4.69, 9.17) is 0 Å². The first-order chi connectivity index (χ1) is 14.2. The lowest BCUT2D eigenvalue weighted by atomic mass is 9.72. The van der Waals surface area contributed by atoms with Crippen LogP contribution in [0.1, 0.15) is 36.2 Å². The van der Waals surface area contributed by atoms with Crippen LogP contribution in [0, 0.1) is 11.8 Å². The Bertz CT molecular complexity index is 866. The van der Waals surface area contributed by atoms with Crippen LogP contribution in [0.2, 0.25) is 0 Å². The third-order valence-electron chi connectivity index (χ3n) is 7.34. The molecule has 1 amide bonds. The molecule has 3 fully saturated rings. The number of carbonyl (C=O) groups excluding carboxylic acids is 1. The van der Waals surface area contributed by atoms with Crippen LogP contribution in [0.4, 0.5) is 0 Å². The van der Waals surface area contributed by atoms with E-state index in [-0.39, 0.29) is 18.6 Å². The van der Waals surface area contributed by atoms with Crippen LogP contribution in [-0.4, -0.2) is 68.7 Å². The highest BCUT2D eigenvalue weighted by Gasteiger charge is 2.47. The number of aromatic nitrogens is 2. The van der Waals surface area contributed by atoms with Crippen molar-refractivity contribution in [3.8, 4) is 11.4 Å². The summed E-state index contributed by atoms with van der Waals surface area (Å²) in [4.78, 5) is 22.6. The number of nitrogens with zero attached hydrogens (tertiary/aromatic N) is 4. The molecule has 0 aliphatic carbocycles. The predicted molar refractivity (Wildman–Crippen MR) is 111 cm³/mol. The van der Waals surface area contributed by atoms with Crippen molar-refractivity contribution in [2.75, 3.05) is 26.2 Å². The van der Waals surface area contributed by atoms with E-state index in [0.29, 0.717) is 23.6 Å². The number of hydrogen-bond donors (Lipinski definition) is 1. The number of benzene rings is 1. The topological polar surface area (TPSA) is 61.6 Å². The van der Waals surface area contributed by atoms with E-state index in [2.05, 4.69) is 9.88 Å². The monoisotopic (exact) mass is 394 g/mol. The van der Waals surface area contributed by atoms with Crippen LogP contribution in [-0.2, 0) is 7.05 Å². The molecule has 2 aromatic rings. The van der Waals surface area contributed by atoms with Crippen molar-refractivity contribution in [1.82, 2.24) is 19.4 Å². The lowest BCUT2D eigenvalue weighted by Crippen LogP contribution is -2.65. The Morgan fingerprint density at radius 3 is 2.76 bits per heavy atom. The fourth-order valence-electron chi connectivity index (χ4n) is 5.95. The highest BCUT2D eigenvalue weighted by molar-refractivity contribution is 5.93. The minimum atomic E-state index is 0.0674. The fourth-order valence-corrected chi connectivity index (χ4v) is 5.95. The summed E-state index contributed by atoms with van der Waals surface area (Å²) in [5.41, 5.74) is 1.66. The molecule has 3 saturated heterocycles. The molecule has 1 aromatic heterocycles. The second-order valence-corrected chi connectivity index (χ2v) is 8.91. The molecule has 5 rings (SSSR count). The average Bonchev–Trinajstić information content (AvgIpc) is 3.15. The van der Waals surface area contributed by atoms with Gasteiger partial charge in [-0.05, 0) is 37.6 Å². The summed E-state index contributed by atoms with van der Waals surface area (Å²) in [6.07, 6.45) is 6.53. The van der Waals surface area contributed by atoms with Crippen molar-refractivity contribution in [2.24, 2.45) is 18.9 Å². The van der Waals surface area contributed by atoms with Crippen molar-refractivity contribution in [3.05, 3.63) is 42.2 Å². The Kier molecular flexibility index (Phi) is 4.92. The lowest BCUT2D eigenvalue weighted by Gasteiger charge is -2.56. The van der Waals surface area contributed by atoms with Crippen LogP contribution in [0.3, 0.4) is 0 Å². The van der Waals surface area contributed by atoms with Gasteiger partial charge in [-0.2, -0.15) is 0 Å². The van der Waals surface area contributed by atoms with Crippen LogP contribution in [0.25, 0.3) is 11.4 Å². The van der Waals surface area contributed by atoms with Gasteiger partial charge in [0.1, 0.15) is 11.5 Å². The molecule has 3 aliphatic rings. The zero-order valence-electron chi connectivity index (χ0n) is 17.1. The molecule has 1 N–H and O–H groups in total. The summed E-state index contributed by atoms with van der Waals surface area (Å²) in [5, 5.41) is 10.1. The second kappa shape index (κ2) is 7.58. The van der Waals surface area contributed by atoms with Crippen LogP contribution >= 0.6 is 0 Å². The minimum absolute atomic E-state index is 0.0674. The van der Waals surface area contributed by atoms with Crippen LogP contribution < -0.4 is 0 Å². The van der Waals surface area contributed by atoms with Gasteiger partial charge in [0.15, 0.2) is 0 Å². The Morgan fingerprint density at radius 2 is 1.97 bits per heavy atom. The Morgan fingerprint density at radius 1 is 1.17 bits per heavy atom. The van der Waals surface area contributed by atoms with Gasteiger partial charge in [0, 0.05) is 37.8 Å². The van der Waals surface area contributed by atoms with E-state index in [1.807, 2.05) is 46.8 Å². The smallest absolute Gasteiger partial charge is 0.272 e. The third-order valence-corrected chi connectivity index (χ3v) is 7.34. The predicted octanol–water partition coefficient (Wildman–Crippen LogP) is 2.39. The molecule has 3 aliphatic heterocycles.